The van der Waals surface area contributed by atoms with Crippen LogP contribution < -0.4 is 0 Å². The maximum atomic E-state index is 6.08. The molecule has 0 aliphatic carbocycles. The summed E-state index contributed by atoms with van der Waals surface area (Å²) in [6.45, 7) is 8.96. The molecule has 4 nitrogen and oxygen atoms in total. The summed E-state index contributed by atoms with van der Waals surface area (Å²) in [6, 6.07) is 0. The molecule has 0 aromatic rings. The minimum absolute atomic E-state index is 0.0680. The number of hydrogen-bond donors (Lipinski definition) is 0. The molecule has 0 aromatic carbocycles. The lowest BCUT2D eigenvalue weighted by atomic mass is 10.0. The van der Waals surface area contributed by atoms with Gasteiger partial charge in [0.15, 0.2) is 5.79 Å². The monoisotopic (exact) mass is 255 g/mol. The van der Waals surface area contributed by atoms with Crippen LogP contribution in [-0.2, 0) is 14.2 Å². The van der Waals surface area contributed by atoms with Gasteiger partial charge in [0.1, 0.15) is 0 Å². The molecule has 4 heteroatoms. The van der Waals surface area contributed by atoms with Gasteiger partial charge in [-0.1, -0.05) is 0 Å². The second kappa shape index (κ2) is 4.75. The Kier molecular flexibility index (Phi) is 3.39. The van der Waals surface area contributed by atoms with Gasteiger partial charge in [-0.25, -0.2) is 0 Å². The zero-order valence-corrected chi connectivity index (χ0v) is 11.6. The van der Waals surface area contributed by atoms with Crippen LogP contribution in [0.1, 0.15) is 39.5 Å². The molecule has 0 aromatic heterocycles. The van der Waals surface area contributed by atoms with E-state index >= 15 is 0 Å². The van der Waals surface area contributed by atoms with Crippen LogP contribution in [0.2, 0.25) is 0 Å². The fourth-order valence-corrected chi connectivity index (χ4v) is 3.45. The van der Waals surface area contributed by atoms with Gasteiger partial charge >= 0.3 is 0 Å². The van der Waals surface area contributed by atoms with E-state index in [0.29, 0.717) is 6.10 Å². The molecule has 3 saturated heterocycles. The van der Waals surface area contributed by atoms with Gasteiger partial charge in [-0.15, -0.1) is 0 Å². The molecule has 1 unspecified atom stereocenters. The van der Waals surface area contributed by atoms with E-state index in [4.69, 9.17) is 14.2 Å². The minimum Gasteiger partial charge on any atom is -0.371 e. The molecule has 0 amide bonds. The van der Waals surface area contributed by atoms with Crippen molar-refractivity contribution >= 4 is 0 Å². The van der Waals surface area contributed by atoms with Crippen LogP contribution in [-0.4, -0.2) is 55.2 Å². The first-order chi connectivity index (χ1) is 8.57. The van der Waals surface area contributed by atoms with Crippen LogP contribution >= 0.6 is 0 Å². The molecule has 0 bridgehead atoms. The maximum absolute atomic E-state index is 6.08. The Morgan fingerprint density at radius 1 is 1.17 bits per heavy atom. The third-order valence-electron chi connectivity index (χ3n) is 4.33. The number of ether oxygens (including phenoxy) is 3. The minimum atomic E-state index is -0.299. The molecule has 18 heavy (non-hydrogen) atoms. The number of likely N-dealkylation sites (tertiary alicyclic amines) is 1. The standard InChI is InChI=1S/C14H25NO3/c1-13(2)6-4-12(18-13)10-15-7-3-5-14(11-15)16-8-9-17-14/h12H,3-11H2,1-2H3. The first-order valence-corrected chi connectivity index (χ1v) is 7.25. The Bertz CT molecular complexity index is 299. The fourth-order valence-electron chi connectivity index (χ4n) is 3.45. The van der Waals surface area contributed by atoms with Crippen LogP contribution in [0.4, 0.5) is 0 Å². The highest BCUT2D eigenvalue weighted by molar-refractivity contribution is 4.88. The average molecular weight is 255 g/mol. The zero-order chi connectivity index (χ0) is 12.6. The summed E-state index contributed by atoms with van der Waals surface area (Å²) in [5.74, 6) is -0.299. The summed E-state index contributed by atoms with van der Waals surface area (Å²) in [6.07, 6.45) is 4.94. The smallest absolute Gasteiger partial charge is 0.181 e. The molecule has 3 aliphatic heterocycles. The summed E-state index contributed by atoms with van der Waals surface area (Å²) in [5.41, 5.74) is 0.0680. The molecule has 1 spiro atoms. The van der Waals surface area contributed by atoms with E-state index in [1.165, 1.54) is 12.8 Å². The Morgan fingerprint density at radius 2 is 1.94 bits per heavy atom. The molecule has 104 valence electrons. The first kappa shape index (κ1) is 12.9. The molecule has 1 atom stereocenters. The molecule has 0 N–H and O–H groups in total. The molecule has 0 radical (unpaired) electrons. The van der Waals surface area contributed by atoms with Crippen molar-refractivity contribution in [1.82, 2.24) is 4.90 Å². The van der Waals surface area contributed by atoms with Gasteiger partial charge < -0.3 is 14.2 Å². The highest BCUT2D eigenvalue weighted by atomic mass is 16.7. The second-order valence-corrected chi connectivity index (χ2v) is 6.48. The average Bonchev–Trinajstić information content (AvgIpc) is 2.87. The van der Waals surface area contributed by atoms with Gasteiger partial charge in [-0.05, 0) is 39.7 Å². The second-order valence-electron chi connectivity index (χ2n) is 6.48. The van der Waals surface area contributed by atoms with Crippen molar-refractivity contribution in [2.75, 3.05) is 32.8 Å². The first-order valence-electron chi connectivity index (χ1n) is 7.25. The lowest BCUT2D eigenvalue weighted by molar-refractivity contribution is -0.192. The van der Waals surface area contributed by atoms with Crippen LogP contribution in [0.5, 0.6) is 0 Å². The number of nitrogens with zero attached hydrogens (tertiary/aromatic N) is 1. The normalized spacial score (nSPS) is 35.3. The van der Waals surface area contributed by atoms with Gasteiger partial charge in [0.05, 0.1) is 31.5 Å². The number of rotatable bonds is 2. The predicted molar refractivity (Wildman–Crippen MR) is 68.5 cm³/mol. The molecule has 3 heterocycles. The lowest BCUT2D eigenvalue weighted by Crippen LogP contribution is -2.50. The summed E-state index contributed by atoms with van der Waals surface area (Å²) >= 11 is 0. The summed E-state index contributed by atoms with van der Waals surface area (Å²) in [4.78, 5) is 2.46. The zero-order valence-electron chi connectivity index (χ0n) is 11.6. The van der Waals surface area contributed by atoms with Crippen molar-refractivity contribution in [2.24, 2.45) is 0 Å². The van der Waals surface area contributed by atoms with Crippen LogP contribution in [0, 0.1) is 0 Å². The van der Waals surface area contributed by atoms with E-state index in [-0.39, 0.29) is 11.4 Å². The molecule has 3 aliphatic rings. The van der Waals surface area contributed by atoms with Crippen molar-refractivity contribution in [3.63, 3.8) is 0 Å². The van der Waals surface area contributed by atoms with Gasteiger partial charge in [0, 0.05) is 13.0 Å². The summed E-state index contributed by atoms with van der Waals surface area (Å²) < 4.78 is 17.7. The highest BCUT2D eigenvalue weighted by Gasteiger charge is 2.42. The van der Waals surface area contributed by atoms with E-state index in [9.17, 15) is 0 Å². The summed E-state index contributed by atoms with van der Waals surface area (Å²) in [7, 11) is 0. The lowest BCUT2D eigenvalue weighted by Gasteiger charge is -2.39. The molecule has 3 rings (SSSR count). The highest BCUT2D eigenvalue weighted by Crippen LogP contribution is 2.33. The van der Waals surface area contributed by atoms with Crippen molar-refractivity contribution in [3.8, 4) is 0 Å². The molecule has 0 saturated carbocycles. The van der Waals surface area contributed by atoms with Gasteiger partial charge in [-0.2, -0.15) is 0 Å². The molecular weight excluding hydrogens is 230 g/mol. The fraction of sp³-hybridized carbons (Fsp3) is 1.00. The summed E-state index contributed by atoms with van der Waals surface area (Å²) in [5, 5.41) is 0. The third kappa shape index (κ3) is 2.72. The van der Waals surface area contributed by atoms with E-state index in [1.54, 1.807) is 0 Å². The molecular formula is C14H25NO3. The number of piperidine rings is 1. The Labute approximate surface area is 110 Å². The van der Waals surface area contributed by atoms with Gasteiger partial charge in [-0.3, -0.25) is 4.90 Å². The van der Waals surface area contributed by atoms with Crippen molar-refractivity contribution < 1.29 is 14.2 Å². The Hall–Kier alpha value is -0.160. The van der Waals surface area contributed by atoms with E-state index in [1.807, 2.05) is 0 Å². The maximum Gasteiger partial charge on any atom is 0.181 e. The topological polar surface area (TPSA) is 30.9 Å². The Morgan fingerprint density at radius 3 is 2.61 bits per heavy atom. The van der Waals surface area contributed by atoms with Crippen molar-refractivity contribution in [1.29, 1.82) is 0 Å². The van der Waals surface area contributed by atoms with Gasteiger partial charge in [0.2, 0.25) is 0 Å². The van der Waals surface area contributed by atoms with E-state index in [0.717, 1.165) is 45.7 Å². The van der Waals surface area contributed by atoms with Crippen LogP contribution in [0.15, 0.2) is 0 Å². The van der Waals surface area contributed by atoms with E-state index < -0.39 is 0 Å². The van der Waals surface area contributed by atoms with Crippen LogP contribution in [0.25, 0.3) is 0 Å². The quantitative estimate of drug-likeness (QED) is 0.752. The van der Waals surface area contributed by atoms with Gasteiger partial charge in [0.25, 0.3) is 0 Å². The van der Waals surface area contributed by atoms with E-state index in [2.05, 4.69) is 18.7 Å². The van der Waals surface area contributed by atoms with Crippen molar-refractivity contribution in [3.05, 3.63) is 0 Å². The molecule has 3 fully saturated rings. The van der Waals surface area contributed by atoms with Crippen molar-refractivity contribution in [2.45, 2.75) is 57.0 Å². The third-order valence-corrected chi connectivity index (χ3v) is 4.33. The Balaban J connectivity index is 1.54. The SMILES string of the molecule is CC1(C)CCC(CN2CCCC3(C2)OCCO3)O1. The largest absolute Gasteiger partial charge is 0.371 e. The number of hydrogen-bond acceptors (Lipinski definition) is 4. The predicted octanol–water partition coefficient (Wildman–Crippen LogP) is 1.78. The van der Waals surface area contributed by atoms with Crippen LogP contribution in [0.3, 0.4) is 0 Å².